The van der Waals surface area contributed by atoms with Gasteiger partial charge in [0.2, 0.25) is 5.91 Å². The van der Waals surface area contributed by atoms with Gasteiger partial charge < -0.3 is 5.32 Å². The third kappa shape index (κ3) is 4.37. The predicted octanol–water partition coefficient (Wildman–Crippen LogP) is 5.17. The molecule has 0 spiro atoms. The third-order valence-electron chi connectivity index (χ3n) is 4.45. The molecule has 0 aliphatic heterocycles. The number of Topliss-reactive ketones (excluding diaryl/α,β-unsaturated/α-hetero) is 1. The lowest BCUT2D eigenvalue weighted by Gasteiger charge is -2.13. The number of rotatable bonds is 5. The molecule has 0 saturated heterocycles. The first-order chi connectivity index (χ1) is 12.8. The minimum absolute atomic E-state index is 0.00448. The number of hydrogen-bond donors (Lipinski definition) is 1. The van der Waals surface area contributed by atoms with Gasteiger partial charge in [-0.15, -0.1) is 0 Å². The molecule has 0 aliphatic rings. The van der Waals surface area contributed by atoms with Gasteiger partial charge in [0, 0.05) is 16.6 Å². The van der Waals surface area contributed by atoms with Crippen molar-refractivity contribution in [2.45, 2.75) is 38.0 Å². The number of nitrogens with zero attached hydrogens (tertiary/aromatic N) is 1. The van der Waals surface area contributed by atoms with Crippen LogP contribution in [0.1, 0.15) is 35.3 Å². The lowest BCUT2D eigenvalue weighted by Crippen LogP contribution is -2.22. The van der Waals surface area contributed by atoms with E-state index in [2.05, 4.69) is 18.3 Å². The summed E-state index contributed by atoms with van der Waals surface area (Å²) in [5, 5.41) is 4.57. The van der Waals surface area contributed by atoms with Crippen molar-refractivity contribution in [3.8, 4) is 0 Å². The Morgan fingerprint density at radius 1 is 1.04 bits per heavy atom. The molecule has 27 heavy (non-hydrogen) atoms. The Kier molecular flexibility index (Phi) is 5.61. The number of fused-ring (bicyclic) bond motifs is 1. The quantitative estimate of drug-likeness (QED) is 0.491. The van der Waals surface area contributed by atoms with Crippen molar-refractivity contribution >= 4 is 40.0 Å². The molecule has 3 rings (SSSR count). The van der Waals surface area contributed by atoms with E-state index in [-0.39, 0.29) is 16.9 Å². The predicted molar refractivity (Wildman–Crippen MR) is 112 cm³/mol. The zero-order valence-corrected chi connectivity index (χ0v) is 16.7. The van der Waals surface area contributed by atoms with Crippen molar-refractivity contribution in [3.05, 3.63) is 65.2 Å². The van der Waals surface area contributed by atoms with Crippen LogP contribution in [-0.4, -0.2) is 21.9 Å². The molecule has 1 atom stereocenters. The average Bonchev–Trinajstić information content (AvgIpc) is 2.63. The summed E-state index contributed by atoms with van der Waals surface area (Å²) in [6.45, 7) is 7.49. The van der Waals surface area contributed by atoms with Crippen molar-refractivity contribution in [1.29, 1.82) is 0 Å². The number of thioether (sulfide) groups is 1. The highest BCUT2D eigenvalue weighted by Gasteiger charge is 2.16. The average molecular weight is 378 g/mol. The first kappa shape index (κ1) is 19.1. The van der Waals surface area contributed by atoms with E-state index in [0.29, 0.717) is 11.3 Å². The van der Waals surface area contributed by atoms with Crippen LogP contribution >= 0.6 is 11.8 Å². The Balaban J connectivity index is 1.73. The number of amides is 1. The fourth-order valence-electron chi connectivity index (χ4n) is 2.86. The van der Waals surface area contributed by atoms with E-state index in [9.17, 15) is 9.59 Å². The van der Waals surface area contributed by atoms with Crippen molar-refractivity contribution in [3.63, 3.8) is 0 Å². The number of aryl methyl sites for hydroxylation is 2. The van der Waals surface area contributed by atoms with Crippen LogP contribution in [0.5, 0.6) is 0 Å². The molecule has 2 aromatic carbocycles. The highest BCUT2D eigenvalue weighted by atomic mass is 32.2. The standard InChI is InChI=1S/C22H22N2O2S/c1-13-6-5-7-19-14(2)12-20(24-21(13)19)27-16(4)22(26)23-18-10-8-17(9-11-18)15(3)25/h5-12,16H,1-4H3,(H,23,26)/t16-/m1/s1. The van der Waals surface area contributed by atoms with Gasteiger partial charge in [0.05, 0.1) is 15.8 Å². The van der Waals surface area contributed by atoms with Crippen molar-refractivity contribution < 1.29 is 9.59 Å². The summed E-state index contributed by atoms with van der Waals surface area (Å²) in [7, 11) is 0. The van der Waals surface area contributed by atoms with Crippen LogP contribution in [-0.2, 0) is 4.79 Å². The second-order valence-corrected chi connectivity index (χ2v) is 7.99. The Morgan fingerprint density at radius 3 is 2.41 bits per heavy atom. The maximum atomic E-state index is 12.5. The summed E-state index contributed by atoms with van der Waals surface area (Å²) in [5.74, 6) is -0.0928. The molecule has 1 N–H and O–H groups in total. The lowest BCUT2D eigenvalue weighted by molar-refractivity contribution is -0.115. The molecule has 0 bridgehead atoms. The number of hydrogen-bond acceptors (Lipinski definition) is 4. The molecule has 3 aromatic rings. The largest absolute Gasteiger partial charge is 0.325 e. The molecule has 5 heteroatoms. The Hall–Kier alpha value is -2.66. The number of anilines is 1. The second kappa shape index (κ2) is 7.92. The van der Waals surface area contributed by atoms with Crippen LogP contribution < -0.4 is 5.32 Å². The topological polar surface area (TPSA) is 59.1 Å². The van der Waals surface area contributed by atoms with E-state index in [0.717, 1.165) is 27.1 Å². The first-order valence-electron chi connectivity index (χ1n) is 8.80. The highest BCUT2D eigenvalue weighted by molar-refractivity contribution is 8.00. The van der Waals surface area contributed by atoms with E-state index in [1.54, 1.807) is 24.3 Å². The Morgan fingerprint density at radius 2 is 1.74 bits per heavy atom. The van der Waals surface area contributed by atoms with Crippen LogP contribution in [0.4, 0.5) is 5.69 Å². The van der Waals surface area contributed by atoms with Gasteiger partial charge in [-0.2, -0.15) is 0 Å². The van der Waals surface area contributed by atoms with Gasteiger partial charge in [0.15, 0.2) is 5.78 Å². The number of benzene rings is 2. The molecule has 1 amide bonds. The highest BCUT2D eigenvalue weighted by Crippen LogP contribution is 2.28. The smallest absolute Gasteiger partial charge is 0.237 e. The van der Waals surface area contributed by atoms with E-state index in [4.69, 9.17) is 4.98 Å². The normalized spacial score (nSPS) is 12.0. The third-order valence-corrected chi connectivity index (χ3v) is 5.47. The Labute approximate surface area is 163 Å². The zero-order chi connectivity index (χ0) is 19.6. The Bertz CT molecular complexity index is 1010. The molecule has 0 unspecified atom stereocenters. The number of pyridine rings is 1. The van der Waals surface area contributed by atoms with Gasteiger partial charge in [-0.05, 0) is 69.2 Å². The summed E-state index contributed by atoms with van der Waals surface area (Å²) in [6.07, 6.45) is 0. The number of carbonyl (C=O) groups excluding carboxylic acids is 2. The molecule has 0 radical (unpaired) electrons. The minimum atomic E-state index is -0.300. The molecule has 1 aromatic heterocycles. The number of aromatic nitrogens is 1. The van der Waals surface area contributed by atoms with Gasteiger partial charge in [0.1, 0.15) is 0 Å². The maximum absolute atomic E-state index is 12.5. The van der Waals surface area contributed by atoms with E-state index in [1.807, 2.05) is 32.0 Å². The van der Waals surface area contributed by atoms with Crippen LogP contribution in [0.3, 0.4) is 0 Å². The second-order valence-electron chi connectivity index (χ2n) is 6.63. The summed E-state index contributed by atoms with van der Waals surface area (Å²) < 4.78 is 0. The molecule has 0 saturated carbocycles. The van der Waals surface area contributed by atoms with Crippen molar-refractivity contribution in [1.82, 2.24) is 4.98 Å². The minimum Gasteiger partial charge on any atom is -0.325 e. The van der Waals surface area contributed by atoms with Crippen LogP contribution in [0.2, 0.25) is 0 Å². The summed E-state index contributed by atoms with van der Waals surface area (Å²) >= 11 is 1.44. The van der Waals surface area contributed by atoms with E-state index < -0.39 is 0 Å². The van der Waals surface area contributed by atoms with E-state index >= 15 is 0 Å². The SMILES string of the molecule is CC(=O)c1ccc(NC(=O)[C@@H](C)Sc2cc(C)c3cccc(C)c3n2)cc1. The molecule has 138 valence electrons. The number of para-hydroxylation sites is 1. The number of nitrogens with one attached hydrogen (secondary N) is 1. The first-order valence-corrected chi connectivity index (χ1v) is 9.68. The molecular formula is C22H22N2O2S. The monoisotopic (exact) mass is 378 g/mol. The van der Waals surface area contributed by atoms with Crippen LogP contribution in [0, 0.1) is 13.8 Å². The number of carbonyl (C=O) groups is 2. The van der Waals surface area contributed by atoms with Gasteiger partial charge in [0.25, 0.3) is 0 Å². The summed E-state index contributed by atoms with van der Waals surface area (Å²) in [6, 6.07) is 15.1. The molecule has 0 fully saturated rings. The van der Waals surface area contributed by atoms with Gasteiger partial charge in [-0.1, -0.05) is 30.0 Å². The summed E-state index contributed by atoms with van der Waals surface area (Å²) in [4.78, 5) is 28.6. The number of ketones is 1. The van der Waals surface area contributed by atoms with Crippen molar-refractivity contribution in [2.24, 2.45) is 0 Å². The fraction of sp³-hybridized carbons (Fsp3) is 0.227. The van der Waals surface area contributed by atoms with E-state index in [1.165, 1.54) is 18.7 Å². The maximum Gasteiger partial charge on any atom is 0.237 e. The fourth-order valence-corrected chi connectivity index (χ4v) is 3.78. The lowest BCUT2D eigenvalue weighted by atomic mass is 10.1. The van der Waals surface area contributed by atoms with Gasteiger partial charge in [-0.25, -0.2) is 4.98 Å². The van der Waals surface area contributed by atoms with Gasteiger partial charge in [-0.3, -0.25) is 9.59 Å². The molecule has 0 aliphatic carbocycles. The van der Waals surface area contributed by atoms with Gasteiger partial charge >= 0.3 is 0 Å². The van der Waals surface area contributed by atoms with Crippen LogP contribution in [0.25, 0.3) is 10.9 Å². The molecular weight excluding hydrogens is 356 g/mol. The molecule has 4 nitrogen and oxygen atoms in total. The molecule has 1 heterocycles. The van der Waals surface area contributed by atoms with Crippen LogP contribution in [0.15, 0.2) is 53.6 Å². The zero-order valence-electron chi connectivity index (χ0n) is 15.9. The summed E-state index contributed by atoms with van der Waals surface area (Å²) in [5.41, 5.74) is 4.56. The van der Waals surface area contributed by atoms with Crippen molar-refractivity contribution in [2.75, 3.05) is 5.32 Å².